The van der Waals surface area contributed by atoms with Crippen molar-refractivity contribution in [2.24, 2.45) is 0 Å². The zero-order chi connectivity index (χ0) is 17.6. The van der Waals surface area contributed by atoms with Crippen LogP contribution in [0.2, 0.25) is 0 Å². The second-order valence-electron chi connectivity index (χ2n) is 5.50. The van der Waals surface area contributed by atoms with Gasteiger partial charge in [-0.15, -0.1) is 0 Å². The van der Waals surface area contributed by atoms with Gasteiger partial charge in [0.05, 0.1) is 12.5 Å². The van der Waals surface area contributed by atoms with Gasteiger partial charge in [0.2, 0.25) is 0 Å². The molecular weight excluding hydrogens is 336 g/mol. The Morgan fingerprint density at radius 3 is 2.48 bits per heavy atom. The van der Waals surface area contributed by atoms with E-state index < -0.39 is 0 Å². The quantitative estimate of drug-likeness (QED) is 0.673. The van der Waals surface area contributed by atoms with Gasteiger partial charge < -0.3 is 15.1 Å². The molecule has 128 valence electrons. The third-order valence-electron chi connectivity index (χ3n) is 3.32. The van der Waals surface area contributed by atoms with Crippen molar-refractivity contribution in [3.05, 3.63) is 65.9 Å². The van der Waals surface area contributed by atoms with Crippen molar-refractivity contribution in [1.82, 2.24) is 15.3 Å². The van der Waals surface area contributed by atoms with E-state index in [4.69, 9.17) is 4.42 Å². The molecule has 0 aliphatic carbocycles. The topological polar surface area (TPSA) is 80.0 Å². The summed E-state index contributed by atoms with van der Waals surface area (Å²) in [7, 11) is 0. The smallest absolute Gasteiger partial charge is 0.319 e. The fourth-order valence-corrected chi connectivity index (χ4v) is 3.06. The Hall–Kier alpha value is -2.80. The van der Waals surface area contributed by atoms with Crippen LogP contribution in [0.4, 0.5) is 10.5 Å². The van der Waals surface area contributed by atoms with Gasteiger partial charge in [-0.05, 0) is 62.0 Å². The number of nitrogens with one attached hydrogen (secondary N) is 2. The summed E-state index contributed by atoms with van der Waals surface area (Å²) in [5.74, 6) is 0. The standard InChI is InChI=1S/C18H18N4O2S/c1-12-9-13(2)21-18(20-12)25-16-5-3-15(4-6-16)22-17(23)19-10-14-7-8-24-11-14/h3-9,11H,10H2,1-2H3,(H2,19,22,23). The van der Waals surface area contributed by atoms with Gasteiger partial charge in [-0.2, -0.15) is 0 Å². The first-order valence-corrected chi connectivity index (χ1v) is 8.56. The maximum Gasteiger partial charge on any atom is 0.319 e. The Morgan fingerprint density at radius 2 is 1.84 bits per heavy atom. The summed E-state index contributed by atoms with van der Waals surface area (Å²) < 4.78 is 4.96. The summed E-state index contributed by atoms with van der Waals surface area (Å²) in [5.41, 5.74) is 3.52. The van der Waals surface area contributed by atoms with Crippen molar-refractivity contribution in [3.63, 3.8) is 0 Å². The molecule has 2 heterocycles. The predicted octanol–water partition coefficient (Wildman–Crippen LogP) is 4.16. The predicted molar refractivity (Wildman–Crippen MR) is 96.6 cm³/mol. The van der Waals surface area contributed by atoms with Crippen LogP contribution in [0.15, 0.2) is 63.4 Å². The van der Waals surface area contributed by atoms with Gasteiger partial charge in [-0.25, -0.2) is 14.8 Å². The van der Waals surface area contributed by atoms with Crippen LogP contribution in [0, 0.1) is 13.8 Å². The number of carbonyl (C=O) groups excluding carboxylic acids is 1. The Balaban J connectivity index is 1.55. The highest BCUT2D eigenvalue weighted by atomic mass is 32.2. The van der Waals surface area contributed by atoms with Crippen molar-refractivity contribution in [1.29, 1.82) is 0 Å². The van der Waals surface area contributed by atoms with Crippen LogP contribution >= 0.6 is 11.8 Å². The number of aryl methyl sites for hydroxylation is 2. The lowest BCUT2D eigenvalue weighted by Gasteiger charge is -2.08. The van der Waals surface area contributed by atoms with E-state index in [0.29, 0.717) is 6.54 Å². The van der Waals surface area contributed by atoms with Gasteiger partial charge in [0, 0.05) is 34.1 Å². The van der Waals surface area contributed by atoms with Crippen molar-refractivity contribution in [3.8, 4) is 0 Å². The molecule has 0 fully saturated rings. The van der Waals surface area contributed by atoms with Crippen LogP contribution < -0.4 is 10.6 Å². The lowest BCUT2D eigenvalue weighted by atomic mass is 10.3. The molecule has 0 radical (unpaired) electrons. The molecule has 0 spiro atoms. The van der Waals surface area contributed by atoms with Gasteiger partial charge in [-0.3, -0.25) is 0 Å². The number of nitrogens with zero attached hydrogens (tertiary/aromatic N) is 2. The second kappa shape index (κ2) is 7.85. The van der Waals surface area contributed by atoms with E-state index in [2.05, 4.69) is 20.6 Å². The molecule has 7 heteroatoms. The minimum Gasteiger partial charge on any atom is -0.472 e. The Bertz CT molecular complexity index is 828. The highest BCUT2D eigenvalue weighted by Crippen LogP contribution is 2.26. The number of rotatable bonds is 5. The lowest BCUT2D eigenvalue weighted by molar-refractivity contribution is 0.251. The molecule has 25 heavy (non-hydrogen) atoms. The molecule has 0 bridgehead atoms. The molecule has 2 aromatic heterocycles. The number of anilines is 1. The van der Waals surface area contributed by atoms with E-state index in [1.165, 1.54) is 11.8 Å². The van der Waals surface area contributed by atoms with Crippen molar-refractivity contribution in [2.45, 2.75) is 30.4 Å². The zero-order valence-electron chi connectivity index (χ0n) is 13.9. The van der Waals surface area contributed by atoms with Crippen molar-refractivity contribution in [2.75, 3.05) is 5.32 Å². The number of carbonyl (C=O) groups is 1. The highest BCUT2D eigenvalue weighted by Gasteiger charge is 2.05. The van der Waals surface area contributed by atoms with E-state index >= 15 is 0 Å². The molecule has 3 rings (SSSR count). The Labute approximate surface area is 150 Å². The van der Waals surface area contributed by atoms with Gasteiger partial charge in [0.15, 0.2) is 5.16 Å². The van der Waals surface area contributed by atoms with Crippen molar-refractivity contribution < 1.29 is 9.21 Å². The largest absolute Gasteiger partial charge is 0.472 e. The number of benzene rings is 1. The third-order valence-corrected chi connectivity index (χ3v) is 4.19. The van der Waals surface area contributed by atoms with E-state index in [9.17, 15) is 4.79 Å². The molecule has 2 amide bonds. The van der Waals surface area contributed by atoms with Gasteiger partial charge in [0.25, 0.3) is 0 Å². The first-order chi connectivity index (χ1) is 12.1. The molecule has 2 N–H and O–H groups in total. The number of furan rings is 1. The average Bonchev–Trinajstić information content (AvgIpc) is 3.07. The summed E-state index contributed by atoms with van der Waals surface area (Å²) in [6, 6.07) is 11.0. The minimum absolute atomic E-state index is 0.265. The number of amides is 2. The van der Waals surface area contributed by atoms with Crippen LogP contribution in [0.25, 0.3) is 0 Å². The fourth-order valence-electron chi connectivity index (χ4n) is 2.20. The molecule has 3 aromatic rings. The summed E-state index contributed by atoms with van der Waals surface area (Å²) in [4.78, 5) is 21.7. The Morgan fingerprint density at radius 1 is 1.12 bits per heavy atom. The molecule has 0 saturated heterocycles. The number of aromatic nitrogens is 2. The molecule has 0 aliphatic rings. The van der Waals surface area contributed by atoms with E-state index in [0.717, 1.165) is 32.7 Å². The summed E-state index contributed by atoms with van der Waals surface area (Å²) in [6.45, 7) is 4.32. The number of hydrogen-bond acceptors (Lipinski definition) is 5. The monoisotopic (exact) mass is 354 g/mol. The molecular formula is C18H18N4O2S. The highest BCUT2D eigenvalue weighted by molar-refractivity contribution is 7.99. The first-order valence-electron chi connectivity index (χ1n) is 7.74. The van der Waals surface area contributed by atoms with Crippen LogP contribution in [0.3, 0.4) is 0 Å². The fraction of sp³-hybridized carbons (Fsp3) is 0.167. The zero-order valence-corrected chi connectivity index (χ0v) is 14.8. The van der Waals surface area contributed by atoms with E-state index in [1.54, 1.807) is 18.6 Å². The summed E-state index contributed by atoms with van der Waals surface area (Å²) >= 11 is 1.49. The number of hydrogen-bond donors (Lipinski definition) is 2. The van der Waals surface area contributed by atoms with Crippen LogP contribution in [-0.2, 0) is 6.54 Å². The van der Waals surface area contributed by atoms with Gasteiger partial charge in [-0.1, -0.05) is 0 Å². The summed E-state index contributed by atoms with van der Waals surface area (Å²) in [6.07, 6.45) is 3.17. The van der Waals surface area contributed by atoms with Gasteiger partial charge >= 0.3 is 6.03 Å². The molecule has 6 nitrogen and oxygen atoms in total. The molecule has 0 unspecified atom stereocenters. The minimum atomic E-state index is -0.265. The van der Waals surface area contributed by atoms with Crippen molar-refractivity contribution >= 4 is 23.5 Å². The Kier molecular flexibility index (Phi) is 5.35. The van der Waals surface area contributed by atoms with E-state index in [-0.39, 0.29) is 6.03 Å². The SMILES string of the molecule is Cc1cc(C)nc(Sc2ccc(NC(=O)NCc3ccoc3)cc2)n1. The van der Waals surface area contributed by atoms with E-state index in [1.807, 2.05) is 44.2 Å². The maximum atomic E-state index is 11.9. The maximum absolute atomic E-state index is 11.9. The van der Waals surface area contributed by atoms with Gasteiger partial charge in [0.1, 0.15) is 0 Å². The normalized spacial score (nSPS) is 10.5. The summed E-state index contributed by atoms with van der Waals surface area (Å²) in [5, 5.41) is 6.28. The lowest BCUT2D eigenvalue weighted by Crippen LogP contribution is -2.27. The molecule has 0 saturated carbocycles. The number of urea groups is 1. The third kappa shape index (κ3) is 5.09. The van der Waals surface area contributed by atoms with Crippen LogP contribution in [-0.4, -0.2) is 16.0 Å². The average molecular weight is 354 g/mol. The molecule has 0 atom stereocenters. The van der Waals surface area contributed by atoms with Crippen LogP contribution in [0.1, 0.15) is 17.0 Å². The molecule has 0 aliphatic heterocycles. The molecule has 1 aromatic carbocycles. The first kappa shape index (κ1) is 17.0. The second-order valence-corrected chi connectivity index (χ2v) is 6.54. The van der Waals surface area contributed by atoms with Crippen LogP contribution in [0.5, 0.6) is 0 Å².